The fraction of sp³-hybridized carbons (Fsp3) is 0.778. The first-order chi connectivity index (χ1) is 5.43. The second kappa shape index (κ2) is 5.51. The molecule has 11 heavy (non-hydrogen) atoms. The van der Waals surface area contributed by atoms with E-state index in [9.17, 15) is 0 Å². The Kier molecular flexibility index (Phi) is 4.49. The second-order valence-electron chi connectivity index (χ2n) is 2.71. The lowest BCUT2D eigenvalue weighted by Crippen LogP contribution is -2.09. The normalized spacial score (nSPS) is 23.9. The van der Waals surface area contributed by atoms with E-state index in [1.165, 1.54) is 25.0 Å². The van der Waals surface area contributed by atoms with Gasteiger partial charge in [0.25, 0.3) is 0 Å². The summed E-state index contributed by atoms with van der Waals surface area (Å²) < 4.78 is 0. The molecule has 0 radical (unpaired) electrons. The smallest absolute Gasteiger partial charge is 0.0657 e. The van der Waals surface area contributed by atoms with E-state index in [1.54, 1.807) is 0 Å². The van der Waals surface area contributed by atoms with Crippen molar-refractivity contribution in [2.45, 2.75) is 24.5 Å². The highest BCUT2D eigenvalue weighted by Crippen LogP contribution is 2.23. The Morgan fingerprint density at radius 2 is 2.45 bits per heavy atom. The molecule has 0 aromatic heterocycles. The van der Waals surface area contributed by atoms with Gasteiger partial charge in [-0.05, 0) is 25.6 Å². The second-order valence-corrected chi connectivity index (χ2v) is 4.02. The van der Waals surface area contributed by atoms with Crippen LogP contribution in [-0.4, -0.2) is 24.6 Å². The molecule has 1 aliphatic rings. The van der Waals surface area contributed by atoms with Gasteiger partial charge < -0.3 is 5.32 Å². The molecule has 0 aliphatic carbocycles. The van der Waals surface area contributed by atoms with Crippen LogP contribution in [-0.2, 0) is 0 Å². The van der Waals surface area contributed by atoms with Crippen molar-refractivity contribution in [2.24, 2.45) is 0 Å². The summed E-state index contributed by atoms with van der Waals surface area (Å²) in [7, 11) is 1.93. The van der Waals surface area contributed by atoms with Crippen LogP contribution in [0.5, 0.6) is 0 Å². The Hall–Kier alpha value is -0.130. The van der Waals surface area contributed by atoms with Gasteiger partial charge in [0, 0.05) is 0 Å². The zero-order valence-electron chi connectivity index (χ0n) is 7.02. The van der Waals surface area contributed by atoms with Crippen molar-refractivity contribution in [1.29, 1.82) is 0 Å². The van der Waals surface area contributed by atoms with E-state index in [0.29, 0.717) is 5.25 Å². The molecule has 1 saturated heterocycles. The Bertz CT molecular complexity index is 151. The fourth-order valence-electron chi connectivity index (χ4n) is 1.11. The van der Waals surface area contributed by atoms with Crippen LogP contribution < -0.4 is 5.32 Å². The topological polar surface area (TPSA) is 12.0 Å². The maximum Gasteiger partial charge on any atom is 0.0657 e. The molecule has 1 nitrogen and oxygen atoms in total. The van der Waals surface area contributed by atoms with Crippen molar-refractivity contribution in [3.8, 4) is 11.8 Å². The number of hydrogen-bond donors (Lipinski definition) is 1. The molecule has 1 rings (SSSR count). The van der Waals surface area contributed by atoms with Gasteiger partial charge in [-0.15, -0.1) is 11.8 Å². The minimum absolute atomic E-state index is 0.622. The summed E-state index contributed by atoms with van der Waals surface area (Å²) in [6.07, 6.45) is 4.04. The fourth-order valence-corrected chi connectivity index (χ4v) is 2.26. The lowest BCUT2D eigenvalue weighted by molar-refractivity contribution is 0.727. The highest BCUT2D eigenvalue weighted by molar-refractivity contribution is 8.00. The standard InChI is InChI=1S/C9H15NS/c1-10-7-4-6-9-5-2-3-8-11-9/h9-10H,2-3,5,7-8H2,1H3. The van der Waals surface area contributed by atoms with Gasteiger partial charge in [-0.1, -0.05) is 18.3 Å². The summed E-state index contributed by atoms with van der Waals surface area (Å²) in [6, 6.07) is 0. The molecule has 1 fully saturated rings. The third-order valence-corrected chi connectivity index (χ3v) is 2.99. The van der Waals surface area contributed by atoms with Crippen LogP contribution in [0.3, 0.4) is 0 Å². The van der Waals surface area contributed by atoms with E-state index >= 15 is 0 Å². The molecule has 1 unspecified atom stereocenters. The van der Waals surface area contributed by atoms with Gasteiger partial charge in [-0.25, -0.2) is 0 Å². The van der Waals surface area contributed by atoms with Crippen molar-refractivity contribution in [3.63, 3.8) is 0 Å². The molecule has 0 aromatic rings. The molecular weight excluding hydrogens is 154 g/mol. The lowest BCUT2D eigenvalue weighted by Gasteiger charge is -2.15. The van der Waals surface area contributed by atoms with E-state index in [0.717, 1.165) is 6.54 Å². The van der Waals surface area contributed by atoms with Crippen molar-refractivity contribution in [1.82, 2.24) is 5.32 Å². The molecule has 1 N–H and O–H groups in total. The third kappa shape index (κ3) is 3.69. The van der Waals surface area contributed by atoms with E-state index in [4.69, 9.17) is 0 Å². The number of thioether (sulfide) groups is 1. The van der Waals surface area contributed by atoms with E-state index < -0.39 is 0 Å². The van der Waals surface area contributed by atoms with Gasteiger partial charge in [0.1, 0.15) is 0 Å². The molecule has 2 heteroatoms. The average Bonchev–Trinajstić information content (AvgIpc) is 2.07. The van der Waals surface area contributed by atoms with Gasteiger partial charge in [-0.3, -0.25) is 0 Å². The average molecular weight is 169 g/mol. The van der Waals surface area contributed by atoms with Crippen LogP contribution in [0.1, 0.15) is 19.3 Å². The predicted octanol–water partition coefficient (Wildman–Crippen LogP) is 1.49. The molecule has 1 aliphatic heterocycles. The van der Waals surface area contributed by atoms with E-state index in [1.807, 2.05) is 18.8 Å². The minimum atomic E-state index is 0.622. The van der Waals surface area contributed by atoms with E-state index in [2.05, 4.69) is 17.2 Å². The highest BCUT2D eigenvalue weighted by atomic mass is 32.2. The molecule has 1 heterocycles. The Morgan fingerprint density at radius 1 is 1.55 bits per heavy atom. The van der Waals surface area contributed by atoms with Crippen molar-refractivity contribution < 1.29 is 0 Å². The Labute approximate surface area is 73.3 Å². The molecular formula is C9H15NS. The maximum absolute atomic E-state index is 3.27. The summed E-state index contributed by atoms with van der Waals surface area (Å²) in [6.45, 7) is 0.830. The van der Waals surface area contributed by atoms with Crippen LogP contribution >= 0.6 is 11.8 Å². The SMILES string of the molecule is CNCC#CC1CCCCS1. The molecule has 0 aromatic carbocycles. The maximum atomic E-state index is 3.27. The van der Waals surface area contributed by atoms with Gasteiger partial charge >= 0.3 is 0 Å². The predicted molar refractivity (Wildman–Crippen MR) is 51.8 cm³/mol. The van der Waals surface area contributed by atoms with Crippen LogP contribution in [0.25, 0.3) is 0 Å². The molecule has 0 bridgehead atoms. The van der Waals surface area contributed by atoms with Gasteiger partial charge in [0.05, 0.1) is 11.8 Å². The van der Waals surface area contributed by atoms with Gasteiger partial charge in [0.15, 0.2) is 0 Å². The van der Waals surface area contributed by atoms with Crippen LogP contribution in [0.2, 0.25) is 0 Å². The van der Waals surface area contributed by atoms with Crippen molar-refractivity contribution in [3.05, 3.63) is 0 Å². The summed E-state index contributed by atoms with van der Waals surface area (Å²) in [5.41, 5.74) is 0. The number of nitrogens with one attached hydrogen (secondary N) is 1. The molecule has 0 amide bonds. The van der Waals surface area contributed by atoms with Gasteiger partial charge in [-0.2, -0.15) is 0 Å². The lowest BCUT2D eigenvalue weighted by atomic mass is 10.2. The zero-order valence-corrected chi connectivity index (χ0v) is 7.84. The molecule has 62 valence electrons. The van der Waals surface area contributed by atoms with Crippen LogP contribution in [0.4, 0.5) is 0 Å². The summed E-state index contributed by atoms with van der Waals surface area (Å²) >= 11 is 2.01. The Morgan fingerprint density at radius 3 is 3.09 bits per heavy atom. The first-order valence-electron chi connectivity index (χ1n) is 4.18. The molecule has 0 saturated carbocycles. The minimum Gasteiger partial charge on any atom is -0.309 e. The van der Waals surface area contributed by atoms with Crippen LogP contribution in [0, 0.1) is 11.8 Å². The number of rotatable bonds is 1. The molecule has 1 atom stereocenters. The summed E-state index contributed by atoms with van der Waals surface area (Å²) in [5, 5.41) is 3.65. The van der Waals surface area contributed by atoms with Crippen LogP contribution in [0.15, 0.2) is 0 Å². The Balaban J connectivity index is 2.19. The third-order valence-electron chi connectivity index (χ3n) is 1.71. The largest absolute Gasteiger partial charge is 0.309 e. The monoisotopic (exact) mass is 169 g/mol. The first-order valence-corrected chi connectivity index (χ1v) is 5.23. The summed E-state index contributed by atoms with van der Waals surface area (Å²) in [5.74, 6) is 7.70. The van der Waals surface area contributed by atoms with E-state index in [-0.39, 0.29) is 0 Å². The summed E-state index contributed by atoms with van der Waals surface area (Å²) in [4.78, 5) is 0. The van der Waals surface area contributed by atoms with Crippen molar-refractivity contribution in [2.75, 3.05) is 19.3 Å². The number of hydrogen-bond acceptors (Lipinski definition) is 2. The first kappa shape index (κ1) is 8.96. The zero-order chi connectivity index (χ0) is 7.94. The van der Waals surface area contributed by atoms with Gasteiger partial charge in [0.2, 0.25) is 0 Å². The highest BCUT2D eigenvalue weighted by Gasteiger charge is 2.09. The quantitative estimate of drug-likeness (QED) is 0.597. The van der Waals surface area contributed by atoms with Crippen molar-refractivity contribution >= 4 is 11.8 Å². The molecule has 0 spiro atoms.